The quantitative estimate of drug-likeness (QED) is 0.783. The van der Waals surface area contributed by atoms with Gasteiger partial charge < -0.3 is 19.7 Å². The van der Waals surface area contributed by atoms with Crippen LogP contribution in [0.25, 0.3) is 0 Å². The van der Waals surface area contributed by atoms with Crippen LogP contribution in [0.2, 0.25) is 0 Å². The molecule has 1 saturated heterocycles. The maximum Gasteiger partial charge on any atom is 0.227 e. The molecule has 1 N–H and O–H groups in total. The molecule has 4 rings (SSSR count). The smallest absolute Gasteiger partial charge is 0.227 e. The Morgan fingerprint density at radius 1 is 1.14 bits per heavy atom. The van der Waals surface area contributed by atoms with Crippen molar-refractivity contribution in [1.82, 2.24) is 5.32 Å². The standard InChI is InChI=1S/C21H21BrN2O4/c1-13(14-2-7-18-19(10-14)28-9-8-27-18)23-21(26)15-11-20(25)24(12-15)17-5-3-16(22)4-6-17/h2-7,10,13,15H,8-9,11-12H2,1H3,(H,23,26). The Bertz CT molecular complexity index is 900. The van der Waals surface area contributed by atoms with Gasteiger partial charge in [-0.15, -0.1) is 0 Å². The Kier molecular flexibility index (Phi) is 5.26. The van der Waals surface area contributed by atoms with E-state index in [9.17, 15) is 9.59 Å². The lowest BCUT2D eigenvalue weighted by molar-refractivity contribution is -0.126. The van der Waals surface area contributed by atoms with Crippen LogP contribution in [0.4, 0.5) is 5.69 Å². The van der Waals surface area contributed by atoms with Crippen LogP contribution in [0.1, 0.15) is 24.9 Å². The minimum Gasteiger partial charge on any atom is -0.486 e. The van der Waals surface area contributed by atoms with Gasteiger partial charge in [-0.2, -0.15) is 0 Å². The molecule has 2 aromatic carbocycles. The molecule has 7 heteroatoms. The predicted molar refractivity (Wildman–Crippen MR) is 109 cm³/mol. The number of hydrogen-bond donors (Lipinski definition) is 1. The van der Waals surface area contributed by atoms with Crippen molar-refractivity contribution in [1.29, 1.82) is 0 Å². The summed E-state index contributed by atoms with van der Waals surface area (Å²) in [6.45, 7) is 3.38. The van der Waals surface area contributed by atoms with Crippen molar-refractivity contribution in [3.8, 4) is 11.5 Å². The van der Waals surface area contributed by atoms with E-state index in [-0.39, 0.29) is 30.2 Å². The second-order valence-corrected chi connectivity index (χ2v) is 7.93. The highest BCUT2D eigenvalue weighted by Gasteiger charge is 2.35. The van der Waals surface area contributed by atoms with E-state index in [2.05, 4.69) is 21.2 Å². The van der Waals surface area contributed by atoms with Crippen molar-refractivity contribution < 1.29 is 19.1 Å². The van der Waals surface area contributed by atoms with E-state index >= 15 is 0 Å². The van der Waals surface area contributed by atoms with E-state index in [0.717, 1.165) is 21.5 Å². The molecule has 0 spiro atoms. The number of nitrogens with one attached hydrogen (secondary N) is 1. The number of halogens is 1. The molecule has 2 atom stereocenters. The van der Waals surface area contributed by atoms with Crippen molar-refractivity contribution in [2.24, 2.45) is 5.92 Å². The Morgan fingerprint density at radius 3 is 2.61 bits per heavy atom. The molecular formula is C21H21BrN2O4. The van der Waals surface area contributed by atoms with Crippen LogP contribution in [-0.2, 0) is 9.59 Å². The second-order valence-electron chi connectivity index (χ2n) is 7.02. The van der Waals surface area contributed by atoms with Gasteiger partial charge in [-0.05, 0) is 48.9 Å². The van der Waals surface area contributed by atoms with E-state index in [1.165, 1.54) is 0 Å². The first kappa shape index (κ1) is 18.8. The molecule has 2 amide bonds. The van der Waals surface area contributed by atoms with E-state index in [0.29, 0.717) is 25.5 Å². The molecule has 0 saturated carbocycles. The number of anilines is 1. The van der Waals surface area contributed by atoms with Crippen molar-refractivity contribution in [3.05, 3.63) is 52.5 Å². The molecule has 2 aliphatic rings. The van der Waals surface area contributed by atoms with Crippen LogP contribution in [0.5, 0.6) is 11.5 Å². The number of nitrogens with zero attached hydrogens (tertiary/aromatic N) is 1. The van der Waals surface area contributed by atoms with E-state index in [1.54, 1.807) is 4.90 Å². The molecule has 2 aliphatic heterocycles. The van der Waals surface area contributed by atoms with Crippen LogP contribution in [0.15, 0.2) is 46.9 Å². The number of rotatable bonds is 4. The lowest BCUT2D eigenvalue weighted by Crippen LogP contribution is -2.34. The van der Waals surface area contributed by atoms with Gasteiger partial charge in [0.1, 0.15) is 13.2 Å². The fourth-order valence-electron chi connectivity index (χ4n) is 3.50. The molecule has 0 aliphatic carbocycles. The molecule has 1 fully saturated rings. The average Bonchev–Trinajstić information content (AvgIpc) is 3.10. The number of ether oxygens (including phenoxy) is 2. The highest BCUT2D eigenvalue weighted by molar-refractivity contribution is 9.10. The van der Waals surface area contributed by atoms with Gasteiger partial charge in [-0.3, -0.25) is 9.59 Å². The number of amides is 2. The van der Waals surface area contributed by atoms with Gasteiger partial charge in [-0.25, -0.2) is 0 Å². The fraction of sp³-hybridized carbons (Fsp3) is 0.333. The number of hydrogen-bond acceptors (Lipinski definition) is 4. The zero-order valence-electron chi connectivity index (χ0n) is 15.5. The van der Waals surface area contributed by atoms with Gasteiger partial charge in [0.25, 0.3) is 0 Å². The number of carbonyl (C=O) groups excluding carboxylic acids is 2. The Morgan fingerprint density at radius 2 is 1.86 bits per heavy atom. The van der Waals surface area contributed by atoms with Gasteiger partial charge >= 0.3 is 0 Å². The van der Waals surface area contributed by atoms with Crippen LogP contribution < -0.4 is 19.7 Å². The largest absolute Gasteiger partial charge is 0.486 e. The molecular weight excluding hydrogens is 424 g/mol. The van der Waals surface area contributed by atoms with Gasteiger partial charge in [0, 0.05) is 23.1 Å². The molecule has 28 heavy (non-hydrogen) atoms. The fourth-order valence-corrected chi connectivity index (χ4v) is 3.76. The zero-order chi connectivity index (χ0) is 19.7. The maximum absolute atomic E-state index is 12.7. The summed E-state index contributed by atoms with van der Waals surface area (Å²) in [6, 6.07) is 13.0. The van der Waals surface area contributed by atoms with Gasteiger partial charge in [0.05, 0.1) is 12.0 Å². The summed E-state index contributed by atoms with van der Waals surface area (Å²) in [7, 11) is 0. The third-order valence-electron chi connectivity index (χ3n) is 5.06. The maximum atomic E-state index is 12.7. The summed E-state index contributed by atoms with van der Waals surface area (Å²) in [5.74, 6) is 0.906. The monoisotopic (exact) mass is 444 g/mol. The molecule has 0 radical (unpaired) electrons. The highest BCUT2D eigenvalue weighted by Crippen LogP contribution is 2.33. The Balaban J connectivity index is 1.41. The molecule has 146 valence electrons. The SMILES string of the molecule is CC(NC(=O)C1CC(=O)N(c2ccc(Br)cc2)C1)c1ccc2c(c1)OCCO2. The van der Waals surface area contributed by atoms with E-state index < -0.39 is 0 Å². The first-order valence-corrected chi connectivity index (χ1v) is 10.1. The molecule has 0 bridgehead atoms. The summed E-state index contributed by atoms with van der Waals surface area (Å²) < 4.78 is 12.1. The van der Waals surface area contributed by atoms with E-state index in [1.807, 2.05) is 49.4 Å². The highest BCUT2D eigenvalue weighted by atomic mass is 79.9. The van der Waals surface area contributed by atoms with Crippen LogP contribution >= 0.6 is 15.9 Å². The Hall–Kier alpha value is -2.54. The summed E-state index contributed by atoms with van der Waals surface area (Å²) in [5, 5.41) is 3.02. The molecule has 2 aromatic rings. The summed E-state index contributed by atoms with van der Waals surface area (Å²) in [4.78, 5) is 26.8. The van der Waals surface area contributed by atoms with Crippen molar-refractivity contribution in [2.45, 2.75) is 19.4 Å². The summed E-state index contributed by atoms with van der Waals surface area (Å²) in [5.41, 5.74) is 1.75. The topological polar surface area (TPSA) is 67.9 Å². The minimum atomic E-state index is -0.365. The number of benzene rings is 2. The van der Waals surface area contributed by atoms with Crippen molar-refractivity contribution in [2.75, 3.05) is 24.7 Å². The number of fused-ring (bicyclic) bond motifs is 1. The van der Waals surface area contributed by atoms with Gasteiger partial charge in [0.2, 0.25) is 11.8 Å². The zero-order valence-corrected chi connectivity index (χ0v) is 17.1. The average molecular weight is 445 g/mol. The first-order chi connectivity index (χ1) is 13.5. The molecule has 2 unspecified atom stereocenters. The normalized spacial score (nSPS) is 19.4. The first-order valence-electron chi connectivity index (χ1n) is 9.27. The Labute approximate surface area is 171 Å². The summed E-state index contributed by atoms with van der Waals surface area (Å²) >= 11 is 3.39. The van der Waals surface area contributed by atoms with Crippen LogP contribution in [0, 0.1) is 5.92 Å². The predicted octanol–water partition coefficient (Wildman–Crippen LogP) is 3.45. The van der Waals surface area contributed by atoms with Crippen molar-refractivity contribution in [3.63, 3.8) is 0 Å². The van der Waals surface area contributed by atoms with Crippen LogP contribution in [-0.4, -0.2) is 31.6 Å². The third-order valence-corrected chi connectivity index (χ3v) is 5.59. The summed E-state index contributed by atoms with van der Waals surface area (Å²) in [6.07, 6.45) is 0.218. The van der Waals surface area contributed by atoms with Gasteiger partial charge in [-0.1, -0.05) is 22.0 Å². The van der Waals surface area contributed by atoms with Gasteiger partial charge in [0.15, 0.2) is 11.5 Å². The molecule has 6 nitrogen and oxygen atoms in total. The second kappa shape index (κ2) is 7.83. The molecule has 0 aromatic heterocycles. The number of carbonyl (C=O) groups is 2. The van der Waals surface area contributed by atoms with Crippen LogP contribution in [0.3, 0.4) is 0 Å². The third kappa shape index (κ3) is 3.85. The molecule has 2 heterocycles. The minimum absolute atomic E-state index is 0.0329. The lowest BCUT2D eigenvalue weighted by Gasteiger charge is -2.22. The van der Waals surface area contributed by atoms with E-state index in [4.69, 9.17) is 9.47 Å². The van der Waals surface area contributed by atoms with Crippen molar-refractivity contribution >= 4 is 33.4 Å². The lowest BCUT2D eigenvalue weighted by atomic mass is 10.0.